The molecule has 0 radical (unpaired) electrons. The van der Waals surface area contributed by atoms with Crippen molar-refractivity contribution in [1.82, 2.24) is 14.7 Å². The van der Waals surface area contributed by atoms with Crippen LogP contribution in [0.4, 0.5) is 4.79 Å². The SMILES string of the molecule is CC1OCCC1N(C)C(=O)N1CCN(CCC(=O)O)CC1. The van der Waals surface area contributed by atoms with Crippen molar-refractivity contribution in [2.45, 2.75) is 31.9 Å². The van der Waals surface area contributed by atoms with E-state index in [9.17, 15) is 9.59 Å². The Morgan fingerprint density at radius 2 is 1.95 bits per heavy atom. The van der Waals surface area contributed by atoms with Crippen LogP contribution >= 0.6 is 0 Å². The van der Waals surface area contributed by atoms with Gasteiger partial charge in [0, 0.05) is 46.4 Å². The molecule has 7 heteroatoms. The number of hydrogen-bond donors (Lipinski definition) is 1. The van der Waals surface area contributed by atoms with E-state index in [0.29, 0.717) is 26.2 Å². The normalized spacial score (nSPS) is 26.9. The quantitative estimate of drug-likeness (QED) is 0.808. The van der Waals surface area contributed by atoms with Crippen molar-refractivity contribution in [1.29, 1.82) is 0 Å². The third-order valence-electron chi connectivity index (χ3n) is 4.42. The highest BCUT2D eigenvalue weighted by Gasteiger charge is 2.33. The molecule has 2 aliphatic heterocycles. The number of urea groups is 1. The van der Waals surface area contributed by atoms with Gasteiger partial charge in [-0.3, -0.25) is 9.69 Å². The van der Waals surface area contributed by atoms with E-state index in [-0.39, 0.29) is 24.6 Å². The fourth-order valence-electron chi connectivity index (χ4n) is 3.01. The fraction of sp³-hybridized carbons (Fsp3) is 0.857. The summed E-state index contributed by atoms with van der Waals surface area (Å²) in [4.78, 5) is 28.8. The van der Waals surface area contributed by atoms with E-state index in [4.69, 9.17) is 9.84 Å². The standard InChI is InChI=1S/C14H25N3O4/c1-11-12(4-10-21-11)15(2)14(20)17-8-6-16(7-9-17)5-3-13(18)19/h11-12H,3-10H2,1-2H3,(H,18,19). The number of amides is 2. The highest BCUT2D eigenvalue weighted by molar-refractivity contribution is 5.74. The number of carbonyl (C=O) groups excluding carboxylic acids is 1. The van der Waals surface area contributed by atoms with Crippen molar-refractivity contribution >= 4 is 12.0 Å². The van der Waals surface area contributed by atoms with Gasteiger partial charge in [-0.05, 0) is 13.3 Å². The van der Waals surface area contributed by atoms with E-state index < -0.39 is 5.97 Å². The molecule has 7 nitrogen and oxygen atoms in total. The zero-order valence-corrected chi connectivity index (χ0v) is 12.8. The van der Waals surface area contributed by atoms with E-state index in [1.54, 1.807) is 4.90 Å². The molecule has 2 fully saturated rings. The fourth-order valence-corrected chi connectivity index (χ4v) is 3.01. The largest absolute Gasteiger partial charge is 0.481 e. The molecule has 2 saturated heterocycles. The smallest absolute Gasteiger partial charge is 0.320 e. The minimum absolute atomic E-state index is 0.0511. The van der Waals surface area contributed by atoms with Crippen LogP contribution in [0.25, 0.3) is 0 Å². The molecule has 0 saturated carbocycles. The summed E-state index contributed by atoms with van der Waals surface area (Å²) in [5.41, 5.74) is 0. The summed E-state index contributed by atoms with van der Waals surface area (Å²) in [5, 5.41) is 8.69. The lowest BCUT2D eigenvalue weighted by Gasteiger charge is -2.38. The molecule has 21 heavy (non-hydrogen) atoms. The van der Waals surface area contributed by atoms with Crippen LogP contribution in [0.3, 0.4) is 0 Å². The van der Waals surface area contributed by atoms with Gasteiger partial charge in [-0.25, -0.2) is 4.79 Å². The first-order chi connectivity index (χ1) is 9.99. The molecule has 0 bridgehead atoms. The molecule has 0 aromatic carbocycles. The molecule has 2 unspecified atom stereocenters. The van der Waals surface area contributed by atoms with Crippen LogP contribution < -0.4 is 0 Å². The molecule has 2 atom stereocenters. The molecule has 2 amide bonds. The van der Waals surface area contributed by atoms with Crippen molar-refractivity contribution in [3.8, 4) is 0 Å². The van der Waals surface area contributed by atoms with Gasteiger partial charge in [-0.2, -0.15) is 0 Å². The zero-order chi connectivity index (χ0) is 15.4. The second kappa shape index (κ2) is 7.09. The van der Waals surface area contributed by atoms with Gasteiger partial charge < -0.3 is 19.6 Å². The lowest BCUT2D eigenvalue weighted by atomic mass is 10.1. The van der Waals surface area contributed by atoms with Gasteiger partial charge in [0.2, 0.25) is 0 Å². The Labute approximate surface area is 125 Å². The van der Waals surface area contributed by atoms with Crippen molar-refractivity contribution in [3.05, 3.63) is 0 Å². The maximum atomic E-state index is 12.5. The third-order valence-corrected chi connectivity index (χ3v) is 4.42. The summed E-state index contributed by atoms with van der Waals surface area (Å²) in [5.74, 6) is -0.775. The highest BCUT2D eigenvalue weighted by atomic mass is 16.5. The van der Waals surface area contributed by atoms with Gasteiger partial charge in [-0.1, -0.05) is 0 Å². The van der Waals surface area contributed by atoms with Gasteiger partial charge in [-0.15, -0.1) is 0 Å². The molecule has 120 valence electrons. The summed E-state index contributed by atoms with van der Waals surface area (Å²) in [6.45, 7) is 6.07. The van der Waals surface area contributed by atoms with Crippen LogP contribution in [0.2, 0.25) is 0 Å². The number of carbonyl (C=O) groups is 2. The number of nitrogens with zero attached hydrogens (tertiary/aromatic N) is 3. The minimum Gasteiger partial charge on any atom is -0.481 e. The number of aliphatic carboxylic acids is 1. The number of likely N-dealkylation sites (N-methyl/N-ethyl adjacent to an activating group) is 1. The summed E-state index contributed by atoms with van der Waals surface area (Å²) in [6.07, 6.45) is 1.14. The molecular formula is C14H25N3O4. The first kappa shape index (κ1) is 16.0. The Kier molecular flexibility index (Phi) is 5.41. The van der Waals surface area contributed by atoms with E-state index in [0.717, 1.165) is 19.5 Å². The van der Waals surface area contributed by atoms with Crippen LogP contribution in [0.1, 0.15) is 19.8 Å². The Balaban J connectivity index is 1.78. The van der Waals surface area contributed by atoms with Crippen molar-refractivity contribution < 1.29 is 19.4 Å². The highest BCUT2D eigenvalue weighted by Crippen LogP contribution is 2.19. The Morgan fingerprint density at radius 3 is 2.48 bits per heavy atom. The number of piperazine rings is 1. The van der Waals surface area contributed by atoms with Gasteiger partial charge >= 0.3 is 12.0 Å². The van der Waals surface area contributed by atoms with E-state index in [2.05, 4.69) is 4.90 Å². The second-order valence-electron chi connectivity index (χ2n) is 5.80. The monoisotopic (exact) mass is 299 g/mol. The first-order valence-electron chi connectivity index (χ1n) is 7.56. The lowest BCUT2D eigenvalue weighted by molar-refractivity contribution is -0.137. The lowest BCUT2D eigenvalue weighted by Crippen LogP contribution is -2.54. The molecular weight excluding hydrogens is 274 g/mol. The van der Waals surface area contributed by atoms with Crippen LogP contribution in [0.15, 0.2) is 0 Å². The molecule has 2 aliphatic rings. The van der Waals surface area contributed by atoms with Crippen LogP contribution in [0, 0.1) is 0 Å². The summed E-state index contributed by atoms with van der Waals surface area (Å²) < 4.78 is 5.52. The number of carboxylic acids is 1. The average Bonchev–Trinajstić information content (AvgIpc) is 2.90. The summed E-state index contributed by atoms with van der Waals surface area (Å²) >= 11 is 0. The molecule has 0 aromatic rings. The number of hydrogen-bond acceptors (Lipinski definition) is 4. The molecule has 1 N–H and O–H groups in total. The molecule has 0 aliphatic carbocycles. The predicted octanol–water partition coefficient (Wildman–Crippen LogP) is 0.308. The molecule has 0 spiro atoms. The van der Waals surface area contributed by atoms with Crippen molar-refractivity contribution in [2.24, 2.45) is 0 Å². The van der Waals surface area contributed by atoms with Gasteiger partial charge in [0.15, 0.2) is 0 Å². The maximum absolute atomic E-state index is 12.5. The average molecular weight is 299 g/mol. The number of ether oxygens (including phenoxy) is 1. The first-order valence-corrected chi connectivity index (χ1v) is 7.56. The van der Waals surface area contributed by atoms with Crippen molar-refractivity contribution in [3.63, 3.8) is 0 Å². The molecule has 2 heterocycles. The molecule has 2 rings (SSSR count). The topological polar surface area (TPSA) is 73.3 Å². The Morgan fingerprint density at radius 1 is 1.29 bits per heavy atom. The van der Waals surface area contributed by atoms with Gasteiger partial charge in [0.1, 0.15) is 0 Å². The number of rotatable bonds is 4. The van der Waals surface area contributed by atoms with E-state index in [1.807, 2.05) is 18.9 Å². The van der Waals surface area contributed by atoms with Gasteiger partial charge in [0.25, 0.3) is 0 Å². The zero-order valence-electron chi connectivity index (χ0n) is 12.8. The van der Waals surface area contributed by atoms with Gasteiger partial charge in [0.05, 0.1) is 18.6 Å². The van der Waals surface area contributed by atoms with Crippen LogP contribution in [-0.4, -0.2) is 90.3 Å². The maximum Gasteiger partial charge on any atom is 0.320 e. The Hall–Kier alpha value is -1.34. The van der Waals surface area contributed by atoms with Crippen LogP contribution in [-0.2, 0) is 9.53 Å². The summed E-state index contributed by atoms with van der Waals surface area (Å²) in [7, 11) is 1.84. The summed E-state index contributed by atoms with van der Waals surface area (Å²) in [6, 6.07) is 0.206. The predicted molar refractivity (Wildman–Crippen MR) is 77.2 cm³/mol. The van der Waals surface area contributed by atoms with Crippen molar-refractivity contribution in [2.75, 3.05) is 46.4 Å². The van der Waals surface area contributed by atoms with Crippen LogP contribution in [0.5, 0.6) is 0 Å². The minimum atomic E-state index is -0.775. The third kappa shape index (κ3) is 4.07. The number of carboxylic acid groups (broad SMARTS) is 1. The van der Waals surface area contributed by atoms with E-state index in [1.165, 1.54) is 0 Å². The second-order valence-corrected chi connectivity index (χ2v) is 5.80. The van der Waals surface area contributed by atoms with E-state index >= 15 is 0 Å². The molecule has 0 aromatic heterocycles. The Bertz CT molecular complexity index is 382.